The maximum absolute atomic E-state index is 5.64. The highest BCUT2D eigenvalue weighted by Crippen LogP contribution is 2.35. The van der Waals surface area contributed by atoms with Crippen molar-refractivity contribution in [1.29, 1.82) is 0 Å². The molecule has 4 heteroatoms. The zero-order chi connectivity index (χ0) is 15.1. The number of hydrogen-bond donors (Lipinski definition) is 1. The summed E-state index contributed by atoms with van der Waals surface area (Å²) < 4.78 is 11.1. The maximum Gasteiger partial charge on any atom is 0.134 e. The highest BCUT2D eigenvalue weighted by atomic mass is 32.1. The van der Waals surface area contributed by atoms with Crippen molar-refractivity contribution in [3.8, 4) is 11.5 Å². The average Bonchev–Trinajstić information content (AvgIpc) is 2.99. The Hall–Kier alpha value is -1.52. The van der Waals surface area contributed by atoms with Gasteiger partial charge in [0.15, 0.2) is 0 Å². The Morgan fingerprint density at radius 3 is 2.52 bits per heavy atom. The molecule has 0 bridgehead atoms. The molecule has 0 amide bonds. The molecular weight excluding hydrogens is 282 g/mol. The maximum atomic E-state index is 5.64. The Morgan fingerprint density at radius 1 is 1.14 bits per heavy atom. The van der Waals surface area contributed by atoms with Crippen LogP contribution in [-0.4, -0.2) is 20.3 Å². The lowest BCUT2D eigenvalue weighted by atomic mass is 10.0. The van der Waals surface area contributed by atoms with Gasteiger partial charge < -0.3 is 14.8 Å². The van der Waals surface area contributed by atoms with E-state index in [0.29, 0.717) is 0 Å². The Kier molecular flexibility index (Phi) is 6.08. The van der Waals surface area contributed by atoms with Crippen LogP contribution in [0, 0.1) is 0 Å². The molecule has 0 radical (unpaired) electrons. The van der Waals surface area contributed by atoms with Crippen molar-refractivity contribution < 1.29 is 9.47 Å². The zero-order valence-electron chi connectivity index (χ0n) is 12.9. The van der Waals surface area contributed by atoms with E-state index < -0.39 is 0 Å². The Morgan fingerprint density at radius 2 is 1.90 bits per heavy atom. The molecule has 0 saturated carbocycles. The molecule has 21 heavy (non-hydrogen) atoms. The molecule has 2 rings (SSSR count). The molecule has 3 nitrogen and oxygen atoms in total. The number of ether oxygens (including phenoxy) is 2. The normalized spacial score (nSPS) is 12.1. The van der Waals surface area contributed by atoms with E-state index in [1.807, 2.05) is 18.2 Å². The smallest absolute Gasteiger partial charge is 0.134 e. The van der Waals surface area contributed by atoms with Crippen LogP contribution in [0.1, 0.15) is 36.8 Å². The first-order valence-electron chi connectivity index (χ1n) is 7.37. The zero-order valence-corrected chi connectivity index (χ0v) is 13.7. The van der Waals surface area contributed by atoms with Crippen molar-refractivity contribution in [2.45, 2.75) is 26.3 Å². The molecule has 114 valence electrons. The van der Waals surface area contributed by atoms with E-state index in [9.17, 15) is 0 Å². The molecule has 0 aliphatic rings. The second-order valence-corrected chi connectivity index (χ2v) is 5.71. The van der Waals surface area contributed by atoms with Crippen molar-refractivity contribution >= 4 is 11.3 Å². The summed E-state index contributed by atoms with van der Waals surface area (Å²) in [6.07, 6.45) is 1.02. The SMILES string of the molecule is CCCOc1ccc(C(NCC)c2sccc2OC)cc1. The molecule has 1 unspecified atom stereocenters. The minimum atomic E-state index is 0.158. The lowest BCUT2D eigenvalue weighted by Crippen LogP contribution is -2.21. The Balaban J connectivity index is 2.22. The summed E-state index contributed by atoms with van der Waals surface area (Å²) in [7, 11) is 1.72. The van der Waals surface area contributed by atoms with Gasteiger partial charge in [0, 0.05) is 0 Å². The topological polar surface area (TPSA) is 30.5 Å². The van der Waals surface area contributed by atoms with Gasteiger partial charge in [0.25, 0.3) is 0 Å². The molecule has 0 saturated heterocycles. The summed E-state index contributed by atoms with van der Waals surface area (Å²) in [6, 6.07) is 10.5. The lowest BCUT2D eigenvalue weighted by Gasteiger charge is -2.19. The third kappa shape index (κ3) is 3.99. The van der Waals surface area contributed by atoms with E-state index >= 15 is 0 Å². The monoisotopic (exact) mass is 305 g/mol. The first-order valence-corrected chi connectivity index (χ1v) is 8.25. The van der Waals surface area contributed by atoms with E-state index in [0.717, 1.165) is 31.1 Å². The molecule has 1 aromatic heterocycles. The summed E-state index contributed by atoms with van der Waals surface area (Å²) in [4.78, 5) is 1.21. The van der Waals surface area contributed by atoms with Gasteiger partial charge in [-0.15, -0.1) is 11.3 Å². The molecule has 0 aliphatic heterocycles. The van der Waals surface area contributed by atoms with Crippen LogP contribution < -0.4 is 14.8 Å². The molecule has 0 fully saturated rings. The average molecular weight is 305 g/mol. The van der Waals surface area contributed by atoms with Crippen LogP contribution in [-0.2, 0) is 0 Å². The van der Waals surface area contributed by atoms with Gasteiger partial charge in [0.2, 0.25) is 0 Å². The minimum Gasteiger partial charge on any atom is -0.496 e. The predicted octanol–water partition coefficient (Wildman–Crippen LogP) is 4.24. The number of rotatable bonds is 8. The molecule has 2 aromatic rings. The van der Waals surface area contributed by atoms with Gasteiger partial charge >= 0.3 is 0 Å². The Labute approximate surface area is 130 Å². The molecule has 1 aromatic carbocycles. The highest BCUT2D eigenvalue weighted by molar-refractivity contribution is 7.10. The summed E-state index contributed by atoms with van der Waals surface area (Å²) in [6.45, 7) is 5.89. The fraction of sp³-hybridized carbons (Fsp3) is 0.412. The quantitative estimate of drug-likeness (QED) is 0.791. The van der Waals surface area contributed by atoms with E-state index in [2.05, 4.69) is 36.7 Å². The molecule has 0 spiro atoms. The second kappa shape index (κ2) is 8.05. The van der Waals surface area contributed by atoms with Gasteiger partial charge in [-0.25, -0.2) is 0 Å². The van der Waals surface area contributed by atoms with Crippen molar-refractivity contribution in [2.75, 3.05) is 20.3 Å². The van der Waals surface area contributed by atoms with Crippen LogP contribution in [0.2, 0.25) is 0 Å². The van der Waals surface area contributed by atoms with Gasteiger partial charge in [-0.05, 0) is 42.1 Å². The minimum absolute atomic E-state index is 0.158. The van der Waals surface area contributed by atoms with Crippen LogP contribution in [0.15, 0.2) is 35.7 Å². The summed E-state index contributed by atoms with van der Waals surface area (Å²) in [5.41, 5.74) is 1.22. The number of benzene rings is 1. The van der Waals surface area contributed by atoms with Crippen molar-refractivity contribution in [1.82, 2.24) is 5.32 Å². The largest absolute Gasteiger partial charge is 0.496 e. The van der Waals surface area contributed by atoms with E-state index in [1.54, 1.807) is 18.4 Å². The first kappa shape index (κ1) is 15.9. The second-order valence-electron chi connectivity index (χ2n) is 4.76. The van der Waals surface area contributed by atoms with E-state index in [1.165, 1.54) is 10.4 Å². The van der Waals surface area contributed by atoms with Gasteiger partial charge in [-0.2, -0.15) is 0 Å². The van der Waals surface area contributed by atoms with Crippen LogP contribution in [0.4, 0.5) is 0 Å². The van der Waals surface area contributed by atoms with Gasteiger partial charge in [-0.3, -0.25) is 0 Å². The van der Waals surface area contributed by atoms with Crippen LogP contribution in [0.25, 0.3) is 0 Å². The third-order valence-corrected chi connectivity index (χ3v) is 4.20. The summed E-state index contributed by atoms with van der Waals surface area (Å²) >= 11 is 1.72. The highest BCUT2D eigenvalue weighted by Gasteiger charge is 2.18. The molecular formula is C17H23NO2S. The van der Waals surface area contributed by atoms with Crippen LogP contribution >= 0.6 is 11.3 Å². The van der Waals surface area contributed by atoms with Crippen molar-refractivity contribution in [2.24, 2.45) is 0 Å². The number of methoxy groups -OCH3 is 1. The summed E-state index contributed by atoms with van der Waals surface area (Å²) in [5.74, 6) is 1.87. The lowest BCUT2D eigenvalue weighted by molar-refractivity contribution is 0.317. The summed E-state index contributed by atoms with van der Waals surface area (Å²) in [5, 5.41) is 5.59. The predicted molar refractivity (Wildman–Crippen MR) is 88.6 cm³/mol. The van der Waals surface area contributed by atoms with E-state index in [-0.39, 0.29) is 6.04 Å². The standard InChI is InChI=1S/C17H23NO2S/c1-4-11-20-14-8-6-13(7-9-14)16(18-5-2)17-15(19-3)10-12-21-17/h6-10,12,16,18H,4-5,11H2,1-3H3. The molecule has 0 aliphatic carbocycles. The number of thiophene rings is 1. The first-order chi connectivity index (χ1) is 10.3. The molecule has 1 atom stereocenters. The fourth-order valence-electron chi connectivity index (χ4n) is 2.23. The van der Waals surface area contributed by atoms with E-state index in [4.69, 9.17) is 9.47 Å². The number of hydrogen-bond acceptors (Lipinski definition) is 4. The molecule has 1 N–H and O–H groups in total. The Bertz CT molecular complexity index is 536. The third-order valence-electron chi connectivity index (χ3n) is 3.23. The van der Waals surface area contributed by atoms with Crippen molar-refractivity contribution in [3.05, 3.63) is 46.2 Å². The van der Waals surface area contributed by atoms with Crippen LogP contribution in [0.3, 0.4) is 0 Å². The molecule has 1 heterocycles. The van der Waals surface area contributed by atoms with Gasteiger partial charge in [-0.1, -0.05) is 26.0 Å². The van der Waals surface area contributed by atoms with Crippen molar-refractivity contribution in [3.63, 3.8) is 0 Å². The van der Waals surface area contributed by atoms with Gasteiger partial charge in [0.1, 0.15) is 11.5 Å². The van der Waals surface area contributed by atoms with Gasteiger partial charge in [0.05, 0.1) is 24.6 Å². The van der Waals surface area contributed by atoms with Crippen LogP contribution in [0.5, 0.6) is 11.5 Å². The number of nitrogens with one attached hydrogen (secondary N) is 1. The fourth-order valence-corrected chi connectivity index (χ4v) is 3.19.